The minimum Gasteiger partial charge on any atom is -0.377 e. The Hall–Kier alpha value is -2.34. The van der Waals surface area contributed by atoms with Gasteiger partial charge in [0.15, 0.2) is 5.69 Å². The average molecular weight is 390 g/mol. The van der Waals surface area contributed by atoms with E-state index in [9.17, 15) is 4.79 Å². The van der Waals surface area contributed by atoms with Crippen molar-refractivity contribution in [3.05, 3.63) is 76.0 Å². The average Bonchev–Trinajstić information content (AvgIpc) is 3.13. The first-order valence-electron chi connectivity index (χ1n) is 8.06. The summed E-state index contributed by atoms with van der Waals surface area (Å²) in [6.45, 7) is 3.09. The zero-order valence-electron chi connectivity index (χ0n) is 14.1. The van der Waals surface area contributed by atoms with Crippen LogP contribution < -0.4 is 5.32 Å². The molecule has 0 aliphatic rings. The standard InChI is InChI=1S/C19H17Cl2N3O2/c1-2-26-12-13-4-3-5-14(10-13)22-19(25)18-8-9-24(23-18)15-6-7-16(20)17(21)11-15/h3-11H,2,12H2,1H3,(H,22,25). The number of anilines is 1. The molecule has 0 saturated heterocycles. The fourth-order valence-corrected chi connectivity index (χ4v) is 2.66. The van der Waals surface area contributed by atoms with Gasteiger partial charge in [0.2, 0.25) is 0 Å². The van der Waals surface area contributed by atoms with Gasteiger partial charge in [0.1, 0.15) is 0 Å². The monoisotopic (exact) mass is 389 g/mol. The minimum absolute atomic E-state index is 0.294. The Kier molecular flexibility index (Phi) is 5.93. The quantitative estimate of drug-likeness (QED) is 0.647. The molecular weight excluding hydrogens is 373 g/mol. The second kappa shape index (κ2) is 8.36. The Morgan fingerprint density at radius 3 is 2.77 bits per heavy atom. The molecule has 0 radical (unpaired) electrons. The Balaban J connectivity index is 1.73. The van der Waals surface area contributed by atoms with E-state index in [2.05, 4.69) is 10.4 Å². The lowest BCUT2D eigenvalue weighted by molar-refractivity contribution is 0.102. The van der Waals surface area contributed by atoms with Crippen molar-refractivity contribution in [1.82, 2.24) is 9.78 Å². The minimum atomic E-state index is -0.294. The van der Waals surface area contributed by atoms with Gasteiger partial charge >= 0.3 is 0 Å². The zero-order chi connectivity index (χ0) is 18.5. The Bertz CT molecular complexity index is 925. The molecule has 1 heterocycles. The highest BCUT2D eigenvalue weighted by atomic mass is 35.5. The third-order valence-electron chi connectivity index (χ3n) is 3.65. The molecule has 1 amide bonds. The fourth-order valence-electron chi connectivity index (χ4n) is 2.37. The van der Waals surface area contributed by atoms with Gasteiger partial charge in [-0.1, -0.05) is 35.3 Å². The molecule has 0 aliphatic heterocycles. The molecule has 0 fully saturated rings. The summed E-state index contributed by atoms with van der Waals surface area (Å²) in [6.07, 6.45) is 1.69. The van der Waals surface area contributed by atoms with Crippen molar-refractivity contribution < 1.29 is 9.53 Å². The summed E-state index contributed by atoms with van der Waals surface area (Å²) in [5.41, 5.74) is 2.70. The van der Waals surface area contributed by atoms with Crippen LogP contribution >= 0.6 is 23.2 Å². The van der Waals surface area contributed by atoms with E-state index in [-0.39, 0.29) is 5.91 Å². The smallest absolute Gasteiger partial charge is 0.276 e. The van der Waals surface area contributed by atoms with Crippen LogP contribution in [0.1, 0.15) is 23.0 Å². The first kappa shape index (κ1) is 18.5. The highest BCUT2D eigenvalue weighted by Crippen LogP contribution is 2.24. The van der Waals surface area contributed by atoms with Gasteiger partial charge in [-0.3, -0.25) is 4.79 Å². The molecule has 0 spiro atoms. The summed E-state index contributed by atoms with van der Waals surface area (Å²) in [4.78, 5) is 12.4. The summed E-state index contributed by atoms with van der Waals surface area (Å²) < 4.78 is 6.96. The first-order chi connectivity index (χ1) is 12.6. The maximum absolute atomic E-state index is 12.4. The predicted molar refractivity (Wildman–Crippen MR) is 103 cm³/mol. The van der Waals surface area contributed by atoms with Crippen LogP contribution in [0.15, 0.2) is 54.7 Å². The van der Waals surface area contributed by atoms with Gasteiger partial charge in [0.25, 0.3) is 5.91 Å². The summed E-state index contributed by atoms with van der Waals surface area (Å²) in [5, 5.41) is 8.03. The number of nitrogens with zero attached hydrogens (tertiary/aromatic N) is 2. The van der Waals surface area contributed by atoms with Crippen molar-refractivity contribution in [2.45, 2.75) is 13.5 Å². The summed E-state index contributed by atoms with van der Waals surface area (Å²) in [5.74, 6) is -0.294. The van der Waals surface area contributed by atoms with Crippen molar-refractivity contribution in [3.63, 3.8) is 0 Å². The maximum atomic E-state index is 12.4. The number of aromatic nitrogens is 2. The number of ether oxygens (including phenoxy) is 1. The summed E-state index contributed by atoms with van der Waals surface area (Å²) >= 11 is 12.0. The number of rotatable bonds is 6. The van der Waals surface area contributed by atoms with E-state index >= 15 is 0 Å². The molecule has 0 bridgehead atoms. The molecule has 7 heteroatoms. The second-order valence-corrected chi connectivity index (χ2v) is 6.35. The number of carbonyl (C=O) groups is 1. The first-order valence-corrected chi connectivity index (χ1v) is 8.81. The Morgan fingerprint density at radius 2 is 2.00 bits per heavy atom. The van der Waals surface area contributed by atoms with E-state index in [1.54, 1.807) is 35.1 Å². The Labute approximate surface area is 161 Å². The lowest BCUT2D eigenvalue weighted by Gasteiger charge is -2.07. The molecule has 1 N–H and O–H groups in total. The highest BCUT2D eigenvalue weighted by Gasteiger charge is 2.11. The molecule has 3 aromatic rings. The number of benzene rings is 2. The van der Waals surface area contributed by atoms with E-state index in [1.165, 1.54) is 0 Å². The topological polar surface area (TPSA) is 56.1 Å². The Morgan fingerprint density at radius 1 is 1.15 bits per heavy atom. The van der Waals surface area contributed by atoms with Crippen molar-refractivity contribution in [3.8, 4) is 5.69 Å². The lowest BCUT2D eigenvalue weighted by atomic mass is 10.2. The molecule has 5 nitrogen and oxygen atoms in total. The molecule has 0 aliphatic carbocycles. The van der Waals surface area contributed by atoms with Crippen LogP contribution in [0.5, 0.6) is 0 Å². The van der Waals surface area contributed by atoms with Crippen LogP contribution in [0.3, 0.4) is 0 Å². The number of hydrogen-bond acceptors (Lipinski definition) is 3. The van der Waals surface area contributed by atoms with Crippen LogP contribution in [0.4, 0.5) is 5.69 Å². The van der Waals surface area contributed by atoms with Crippen molar-refractivity contribution >= 4 is 34.8 Å². The van der Waals surface area contributed by atoms with Crippen LogP contribution in [-0.4, -0.2) is 22.3 Å². The maximum Gasteiger partial charge on any atom is 0.276 e. The van der Waals surface area contributed by atoms with Crippen molar-refractivity contribution in [2.24, 2.45) is 0 Å². The molecule has 0 atom stereocenters. The van der Waals surface area contributed by atoms with Gasteiger partial charge in [-0.2, -0.15) is 5.10 Å². The molecular formula is C19H17Cl2N3O2. The zero-order valence-corrected chi connectivity index (χ0v) is 15.6. The van der Waals surface area contributed by atoms with Gasteiger partial charge < -0.3 is 10.1 Å². The summed E-state index contributed by atoms with van der Waals surface area (Å²) in [6, 6.07) is 14.3. The lowest BCUT2D eigenvalue weighted by Crippen LogP contribution is -2.13. The van der Waals surface area contributed by atoms with Crippen molar-refractivity contribution in [1.29, 1.82) is 0 Å². The van der Waals surface area contributed by atoms with E-state index in [4.69, 9.17) is 27.9 Å². The molecule has 2 aromatic carbocycles. The molecule has 26 heavy (non-hydrogen) atoms. The molecule has 134 valence electrons. The molecule has 0 unspecified atom stereocenters. The normalized spacial score (nSPS) is 10.7. The van der Waals surface area contributed by atoms with Gasteiger partial charge in [-0.25, -0.2) is 4.68 Å². The number of nitrogens with one attached hydrogen (secondary N) is 1. The number of halogens is 2. The van der Waals surface area contributed by atoms with Gasteiger partial charge in [0.05, 0.1) is 22.3 Å². The largest absolute Gasteiger partial charge is 0.377 e. The van der Waals surface area contributed by atoms with Crippen LogP contribution in [0.2, 0.25) is 10.0 Å². The third-order valence-corrected chi connectivity index (χ3v) is 4.39. The van der Waals surface area contributed by atoms with Gasteiger partial charge in [0, 0.05) is 18.5 Å². The summed E-state index contributed by atoms with van der Waals surface area (Å²) in [7, 11) is 0. The number of hydrogen-bond donors (Lipinski definition) is 1. The third kappa shape index (κ3) is 4.43. The van der Waals surface area contributed by atoms with Crippen LogP contribution in [0, 0.1) is 0 Å². The van der Waals surface area contributed by atoms with Crippen molar-refractivity contribution in [2.75, 3.05) is 11.9 Å². The van der Waals surface area contributed by atoms with Gasteiger partial charge in [-0.05, 0) is 48.9 Å². The van der Waals surface area contributed by atoms with E-state index in [0.29, 0.717) is 34.6 Å². The van der Waals surface area contributed by atoms with E-state index < -0.39 is 0 Å². The molecule has 0 saturated carbocycles. The van der Waals surface area contributed by atoms with Crippen LogP contribution in [0.25, 0.3) is 5.69 Å². The second-order valence-electron chi connectivity index (χ2n) is 5.54. The van der Waals surface area contributed by atoms with Gasteiger partial charge in [-0.15, -0.1) is 0 Å². The van der Waals surface area contributed by atoms with E-state index in [1.807, 2.05) is 31.2 Å². The van der Waals surface area contributed by atoms with E-state index in [0.717, 1.165) is 11.3 Å². The highest BCUT2D eigenvalue weighted by molar-refractivity contribution is 6.42. The molecule has 1 aromatic heterocycles. The fraction of sp³-hybridized carbons (Fsp3) is 0.158. The molecule has 3 rings (SSSR count). The number of carbonyl (C=O) groups excluding carboxylic acids is 1. The number of amides is 1. The predicted octanol–water partition coefficient (Wildman–Crippen LogP) is 4.97. The van der Waals surface area contributed by atoms with Crippen LogP contribution in [-0.2, 0) is 11.3 Å². The SMILES string of the molecule is CCOCc1cccc(NC(=O)c2ccn(-c3ccc(Cl)c(Cl)c3)n2)c1.